The summed E-state index contributed by atoms with van der Waals surface area (Å²) in [6.07, 6.45) is 0. The first-order chi connectivity index (χ1) is 12.0. The van der Waals surface area contributed by atoms with Gasteiger partial charge in [-0.1, -0.05) is 43.3 Å². The van der Waals surface area contributed by atoms with E-state index in [4.69, 9.17) is 4.74 Å². The fraction of sp³-hybridized carbons (Fsp3) is 0.263. The predicted molar refractivity (Wildman–Crippen MR) is 96.7 cm³/mol. The van der Waals surface area contributed by atoms with Crippen LogP contribution in [0.2, 0.25) is 0 Å². The van der Waals surface area contributed by atoms with Gasteiger partial charge >= 0.3 is 5.97 Å². The number of hydrogen-bond donors (Lipinski definition) is 1. The minimum Gasteiger partial charge on any atom is -0.452 e. The van der Waals surface area contributed by atoms with Gasteiger partial charge in [-0.3, -0.25) is 9.00 Å². The second-order valence-electron chi connectivity index (χ2n) is 5.41. The zero-order valence-electron chi connectivity index (χ0n) is 14.3. The molecule has 0 bridgehead atoms. The van der Waals surface area contributed by atoms with Crippen LogP contribution in [0, 0.1) is 6.92 Å². The summed E-state index contributed by atoms with van der Waals surface area (Å²) < 4.78 is 17.1. The van der Waals surface area contributed by atoms with Crippen LogP contribution < -0.4 is 5.32 Å². The van der Waals surface area contributed by atoms with E-state index in [2.05, 4.69) is 5.32 Å². The van der Waals surface area contributed by atoms with E-state index in [1.54, 1.807) is 31.2 Å². The average Bonchev–Trinajstić information content (AvgIpc) is 2.64. The molecule has 0 aromatic heterocycles. The van der Waals surface area contributed by atoms with Crippen molar-refractivity contribution < 1.29 is 18.5 Å². The smallest absolute Gasteiger partial charge is 0.339 e. The highest BCUT2D eigenvalue weighted by molar-refractivity contribution is 7.85. The number of carbonyl (C=O) groups excluding carboxylic acids is 2. The van der Waals surface area contributed by atoms with Crippen molar-refractivity contribution in [3.63, 3.8) is 0 Å². The summed E-state index contributed by atoms with van der Waals surface area (Å²) >= 11 is 0. The molecule has 0 aliphatic carbocycles. The molecule has 2 aromatic rings. The van der Waals surface area contributed by atoms with Gasteiger partial charge in [0.2, 0.25) is 0 Å². The Kier molecular flexibility index (Phi) is 6.89. The maximum atomic E-state index is 12.2. The number of carbonyl (C=O) groups is 2. The Hall–Kier alpha value is -2.47. The molecule has 132 valence electrons. The molecular formula is C19H21NO4S. The first kappa shape index (κ1) is 18.9. The highest BCUT2D eigenvalue weighted by Crippen LogP contribution is 2.15. The van der Waals surface area contributed by atoms with Crippen molar-refractivity contribution in [1.29, 1.82) is 0 Å². The Balaban J connectivity index is 1.91. The van der Waals surface area contributed by atoms with Gasteiger partial charge in [0.15, 0.2) is 6.61 Å². The zero-order valence-corrected chi connectivity index (χ0v) is 15.1. The molecule has 1 amide bonds. The van der Waals surface area contributed by atoms with Crippen molar-refractivity contribution >= 4 is 22.7 Å². The number of aryl methyl sites for hydroxylation is 1. The lowest BCUT2D eigenvalue weighted by molar-refractivity contribution is -0.124. The molecular weight excluding hydrogens is 338 g/mol. The molecule has 0 heterocycles. The van der Waals surface area contributed by atoms with E-state index in [-0.39, 0.29) is 18.1 Å². The molecule has 6 heteroatoms. The molecule has 1 atom stereocenters. The van der Waals surface area contributed by atoms with Crippen LogP contribution in [0.5, 0.6) is 0 Å². The van der Waals surface area contributed by atoms with Gasteiger partial charge in [-0.15, -0.1) is 0 Å². The summed E-state index contributed by atoms with van der Waals surface area (Å²) in [5, 5.41) is 2.72. The first-order valence-electron chi connectivity index (χ1n) is 7.98. The van der Waals surface area contributed by atoms with Crippen molar-refractivity contribution in [2.45, 2.75) is 25.3 Å². The van der Waals surface area contributed by atoms with E-state index in [1.807, 2.05) is 31.2 Å². The van der Waals surface area contributed by atoms with Crippen molar-refractivity contribution in [2.24, 2.45) is 0 Å². The molecule has 1 N–H and O–H groups in total. The minimum atomic E-state index is -1.27. The van der Waals surface area contributed by atoms with Gasteiger partial charge in [-0.2, -0.15) is 0 Å². The fourth-order valence-electron chi connectivity index (χ4n) is 2.25. The van der Waals surface area contributed by atoms with E-state index in [0.29, 0.717) is 17.2 Å². The molecule has 5 nitrogen and oxygen atoms in total. The summed E-state index contributed by atoms with van der Waals surface area (Å²) in [5.41, 5.74) is 2.32. The van der Waals surface area contributed by atoms with Gasteiger partial charge in [0.1, 0.15) is 0 Å². The molecule has 25 heavy (non-hydrogen) atoms. The molecule has 2 rings (SSSR count). The molecule has 0 radical (unpaired) electrons. The normalized spacial score (nSPS) is 11.6. The number of benzene rings is 2. The quantitative estimate of drug-likeness (QED) is 0.771. The van der Waals surface area contributed by atoms with Crippen molar-refractivity contribution in [3.8, 4) is 0 Å². The average molecular weight is 359 g/mol. The number of amides is 1. The van der Waals surface area contributed by atoms with Crippen LogP contribution in [-0.4, -0.2) is 28.4 Å². The van der Waals surface area contributed by atoms with Crippen LogP contribution >= 0.6 is 0 Å². The number of esters is 1. The summed E-state index contributed by atoms with van der Waals surface area (Å²) in [6.45, 7) is 3.74. The number of rotatable bonds is 7. The third-order valence-electron chi connectivity index (χ3n) is 3.69. The number of nitrogens with one attached hydrogen (secondary N) is 1. The maximum absolute atomic E-state index is 12.2. The SMILES string of the molecule is CC[S@](=O)c1ccccc1C(=O)OCC(=O)NCc1ccccc1C. The molecule has 0 saturated carbocycles. The van der Waals surface area contributed by atoms with Gasteiger partial charge in [-0.25, -0.2) is 4.79 Å². The Labute approximate surface area is 149 Å². The van der Waals surface area contributed by atoms with Gasteiger partial charge in [0, 0.05) is 12.3 Å². The topological polar surface area (TPSA) is 72.5 Å². The second kappa shape index (κ2) is 9.13. The zero-order chi connectivity index (χ0) is 18.2. The van der Waals surface area contributed by atoms with Crippen LogP contribution in [0.4, 0.5) is 0 Å². The molecule has 0 fully saturated rings. The first-order valence-corrected chi connectivity index (χ1v) is 9.30. The Bertz CT molecular complexity index is 788. The van der Waals surface area contributed by atoms with Crippen molar-refractivity contribution in [3.05, 3.63) is 65.2 Å². The van der Waals surface area contributed by atoms with Gasteiger partial charge in [-0.05, 0) is 30.2 Å². The summed E-state index contributed by atoms with van der Waals surface area (Å²) in [6, 6.07) is 14.3. The van der Waals surface area contributed by atoms with Crippen LogP contribution in [0.3, 0.4) is 0 Å². The van der Waals surface area contributed by atoms with Gasteiger partial charge in [0.05, 0.1) is 21.3 Å². The van der Waals surface area contributed by atoms with Crippen LogP contribution in [0.15, 0.2) is 53.4 Å². The highest BCUT2D eigenvalue weighted by Gasteiger charge is 2.17. The molecule has 0 spiro atoms. The molecule has 0 aliphatic heterocycles. The number of ether oxygens (including phenoxy) is 1. The van der Waals surface area contributed by atoms with E-state index in [1.165, 1.54) is 0 Å². The standard InChI is InChI=1S/C19H21NO4S/c1-3-25(23)17-11-7-6-10-16(17)19(22)24-13-18(21)20-12-15-9-5-4-8-14(15)2/h4-11H,3,12-13H2,1-2H3,(H,20,21)/t25-/m0/s1. The van der Waals surface area contributed by atoms with Crippen LogP contribution in [0.1, 0.15) is 28.4 Å². The maximum Gasteiger partial charge on any atom is 0.339 e. The second-order valence-corrected chi connectivity index (χ2v) is 7.12. The molecule has 0 unspecified atom stereocenters. The van der Waals surface area contributed by atoms with Gasteiger partial charge < -0.3 is 10.1 Å². The van der Waals surface area contributed by atoms with Gasteiger partial charge in [0.25, 0.3) is 5.91 Å². The lowest BCUT2D eigenvalue weighted by Crippen LogP contribution is -2.28. The lowest BCUT2D eigenvalue weighted by atomic mass is 10.1. The summed E-state index contributed by atoms with van der Waals surface area (Å²) in [7, 11) is -1.27. The Morgan fingerprint density at radius 1 is 1.08 bits per heavy atom. The highest BCUT2D eigenvalue weighted by atomic mass is 32.2. The summed E-state index contributed by atoms with van der Waals surface area (Å²) in [5.74, 6) is -0.629. The van der Waals surface area contributed by atoms with E-state index in [9.17, 15) is 13.8 Å². The largest absolute Gasteiger partial charge is 0.452 e. The van der Waals surface area contributed by atoms with Crippen molar-refractivity contribution in [1.82, 2.24) is 5.32 Å². The number of hydrogen-bond acceptors (Lipinski definition) is 4. The monoisotopic (exact) mass is 359 g/mol. The fourth-order valence-corrected chi connectivity index (χ4v) is 3.19. The molecule has 0 aliphatic rings. The van der Waals surface area contributed by atoms with Crippen LogP contribution in [-0.2, 0) is 26.9 Å². The molecule has 0 saturated heterocycles. The predicted octanol–water partition coefficient (Wildman–Crippen LogP) is 2.60. The van der Waals surface area contributed by atoms with E-state index in [0.717, 1.165) is 11.1 Å². The Morgan fingerprint density at radius 2 is 1.76 bits per heavy atom. The lowest BCUT2D eigenvalue weighted by Gasteiger charge is -2.10. The van der Waals surface area contributed by atoms with Crippen molar-refractivity contribution in [2.75, 3.05) is 12.4 Å². The minimum absolute atomic E-state index is 0.231. The van der Waals surface area contributed by atoms with Crippen LogP contribution in [0.25, 0.3) is 0 Å². The summed E-state index contributed by atoms with van der Waals surface area (Å²) in [4.78, 5) is 24.5. The molecule has 2 aromatic carbocycles. The third kappa shape index (κ3) is 5.26. The third-order valence-corrected chi connectivity index (χ3v) is 5.06. The van der Waals surface area contributed by atoms with E-state index >= 15 is 0 Å². The van der Waals surface area contributed by atoms with E-state index < -0.39 is 16.8 Å². The Morgan fingerprint density at radius 3 is 2.48 bits per heavy atom.